The SMILES string of the molecule is [2H]c1ccc(S(=O)(=O)c2ccc([2H])cn2)cc1. The molecule has 0 aliphatic carbocycles. The fourth-order valence-electron chi connectivity index (χ4n) is 1.14. The molecule has 0 amide bonds. The van der Waals surface area contributed by atoms with E-state index in [9.17, 15) is 8.42 Å². The summed E-state index contributed by atoms with van der Waals surface area (Å²) < 4.78 is 38.7. The third-order valence-electron chi connectivity index (χ3n) is 1.86. The average Bonchev–Trinajstić information content (AvgIpc) is 2.30. The lowest BCUT2D eigenvalue weighted by molar-refractivity contribution is 0.592. The molecule has 0 saturated carbocycles. The quantitative estimate of drug-likeness (QED) is 0.778. The molecule has 0 N–H and O–H groups in total. The van der Waals surface area contributed by atoms with Crippen LogP contribution in [0.15, 0.2) is 64.6 Å². The molecule has 2 rings (SSSR count). The van der Waals surface area contributed by atoms with Gasteiger partial charge in [0, 0.05) is 6.20 Å². The van der Waals surface area contributed by atoms with E-state index < -0.39 is 9.84 Å². The van der Waals surface area contributed by atoms with E-state index in [1.54, 1.807) is 0 Å². The summed E-state index contributed by atoms with van der Waals surface area (Å²) in [5, 5.41) is -0.0915. The van der Waals surface area contributed by atoms with Crippen molar-refractivity contribution in [2.24, 2.45) is 0 Å². The molecule has 3 nitrogen and oxygen atoms in total. The summed E-state index contributed by atoms with van der Waals surface area (Å²) in [5.74, 6) is 0. The molecule has 0 saturated heterocycles. The van der Waals surface area contributed by atoms with E-state index in [2.05, 4.69) is 4.98 Å². The zero-order chi connectivity index (χ0) is 12.5. The monoisotopic (exact) mass is 221 g/mol. The fraction of sp³-hybridized carbons (Fsp3) is 0. The van der Waals surface area contributed by atoms with Crippen molar-refractivity contribution in [3.63, 3.8) is 0 Å². The molecule has 76 valence electrons. The minimum Gasteiger partial charge on any atom is -0.244 e. The van der Waals surface area contributed by atoms with Gasteiger partial charge in [0.1, 0.15) is 0 Å². The van der Waals surface area contributed by atoms with Gasteiger partial charge in [0.2, 0.25) is 9.84 Å². The molecular weight excluding hydrogens is 210 g/mol. The molecule has 0 fully saturated rings. The topological polar surface area (TPSA) is 47.0 Å². The normalized spacial score (nSPS) is 13.1. The van der Waals surface area contributed by atoms with Crippen molar-refractivity contribution in [3.8, 4) is 0 Å². The van der Waals surface area contributed by atoms with E-state index in [4.69, 9.17) is 2.74 Å². The molecule has 0 radical (unpaired) electrons. The first-order valence-corrected chi connectivity index (χ1v) is 5.73. The highest BCUT2D eigenvalue weighted by molar-refractivity contribution is 7.91. The molecule has 0 bridgehead atoms. The van der Waals surface area contributed by atoms with Gasteiger partial charge in [0.25, 0.3) is 0 Å². The number of benzene rings is 1. The van der Waals surface area contributed by atoms with Gasteiger partial charge < -0.3 is 0 Å². The maximum absolute atomic E-state index is 12.1. The summed E-state index contributed by atoms with van der Waals surface area (Å²) >= 11 is 0. The zero-order valence-corrected chi connectivity index (χ0v) is 8.53. The van der Waals surface area contributed by atoms with Gasteiger partial charge in [0.05, 0.1) is 7.64 Å². The molecule has 0 aliphatic heterocycles. The largest absolute Gasteiger partial charge is 0.244 e. The molecule has 1 aromatic carbocycles. The highest BCUT2D eigenvalue weighted by Crippen LogP contribution is 2.17. The third-order valence-corrected chi connectivity index (χ3v) is 3.55. The van der Waals surface area contributed by atoms with Gasteiger partial charge >= 0.3 is 0 Å². The van der Waals surface area contributed by atoms with Gasteiger partial charge in [-0.05, 0) is 24.2 Å². The number of aromatic nitrogens is 1. The fourth-order valence-corrected chi connectivity index (χ4v) is 2.31. The Labute approximate surface area is 91.1 Å². The van der Waals surface area contributed by atoms with Crippen LogP contribution in [0.25, 0.3) is 0 Å². The first-order valence-electron chi connectivity index (χ1n) is 5.24. The second-order valence-electron chi connectivity index (χ2n) is 2.84. The first-order chi connectivity index (χ1) is 8.00. The molecule has 1 aromatic heterocycles. The van der Waals surface area contributed by atoms with E-state index >= 15 is 0 Å². The number of hydrogen-bond donors (Lipinski definition) is 0. The lowest BCUT2D eigenvalue weighted by atomic mass is 10.4. The maximum Gasteiger partial charge on any atom is 0.223 e. The molecule has 0 spiro atoms. The van der Waals surface area contributed by atoms with Gasteiger partial charge in [-0.2, -0.15) is 0 Å². The Balaban J connectivity index is 2.50. The van der Waals surface area contributed by atoms with Crippen LogP contribution in [0, 0.1) is 0 Å². The van der Waals surface area contributed by atoms with Gasteiger partial charge in [-0.25, -0.2) is 13.4 Å². The summed E-state index contributed by atoms with van der Waals surface area (Å²) in [6.45, 7) is 0. The van der Waals surface area contributed by atoms with E-state index in [0.29, 0.717) is 0 Å². The van der Waals surface area contributed by atoms with Gasteiger partial charge in [0.15, 0.2) is 5.03 Å². The van der Waals surface area contributed by atoms with Crippen LogP contribution in [0.1, 0.15) is 2.74 Å². The van der Waals surface area contributed by atoms with E-state index in [1.165, 1.54) is 42.6 Å². The van der Waals surface area contributed by atoms with Crippen molar-refractivity contribution in [2.75, 3.05) is 0 Å². The Kier molecular flexibility index (Phi) is 1.93. The summed E-state index contributed by atoms with van der Waals surface area (Å²) in [6, 6.07) is 8.63. The Morgan fingerprint density at radius 1 is 1.07 bits per heavy atom. The zero-order valence-electron chi connectivity index (χ0n) is 9.71. The molecule has 1 heterocycles. The van der Waals surface area contributed by atoms with E-state index in [0.717, 1.165) is 0 Å². The van der Waals surface area contributed by atoms with Crippen LogP contribution in [0.5, 0.6) is 0 Å². The first kappa shape index (κ1) is 7.59. The molecular formula is C11H9NO2S. The highest BCUT2D eigenvalue weighted by atomic mass is 32.2. The molecule has 15 heavy (non-hydrogen) atoms. The van der Waals surface area contributed by atoms with Crippen molar-refractivity contribution >= 4 is 9.84 Å². The molecule has 2 aromatic rings. The molecule has 0 atom stereocenters. The number of sulfone groups is 1. The Morgan fingerprint density at radius 3 is 2.33 bits per heavy atom. The maximum atomic E-state index is 12.1. The van der Waals surface area contributed by atoms with Crippen LogP contribution < -0.4 is 0 Å². The van der Waals surface area contributed by atoms with Crippen molar-refractivity contribution in [1.82, 2.24) is 4.98 Å². The minimum absolute atomic E-state index is 0.0915. The van der Waals surface area contributed by atoms with Crippen molar-refractivity contribution < 1.29 is 11.2 Å². The summed E-state index contributed by atoms with van der Waals surface area (Å²) in [5.41, 5.74) is 0. The highest BCUT2D eigenvalue weighted by Gasteiger charge is 2.17. The summed E-state index contributed by atoms with van der Waals surface area (Å²) in [6.07, 6.45) is 1.19. The van der Waals surface area contributed by atoms with Crippen LogP contribution in [-0.4, -0.2) is 13.4 Å². The average molecular weight is 221 g/mol. The second kappa shape index (κ2) is 3.82. The summed E-state index contributed by atoms with van der Waals surface area (Å²) in [7, 11) is -3.65. The van der Waals surface area contributed by atoms with Crippen LogP contribution in [0.2, 0.25) is 0 Å². The number of hydrogen-bond acceptors (Lipinski definition) is 3. The lowest BCUT2D eigenvalue weighted by Gasteiger charge is -2.02. The molecule has 0 unspecified atom stereocenters. The minimum atomic E-state index is -3.65. The Hall–Kier alpha value is -1.68. The predicted molar refractivity (Wildman–Crippen MR) is 56.1 cm³/mol. The van der Waals surface area contributed by atoms with Crippen LogP contribution in [0.3, 0.4) is 0 Å². The van der Waals surface area contributed by atoms with E-state index in [1.807, 2.05) is 0 Å². The van der Waals surface area contributed by atoms with Crippen LogP contribution >= 0.6 is 0 Å². The predicted octanol–water partition coefficient (Wildman–Crippen LogP) is 1.91. The lowest BCUT2D eigenvalue weighted by Crippen LogP contribution is -2.03. The third kappa shape index (κ3) is 1.89. The molecule has 4 heteroatoms. The summed E-state index contributed by atoms with van der Waals surface area (Å²) in [4.78, 5) is 3.82. The smallest absolute Gasteiger partial charge is 0.223 e. The van der Waals surface area contributed by atoms with Gasteiger partial charge in [-0.3, -0.25) is 0 Å². The Bertz CT molecular complexity index is 570. The number of pyridine rings is 1. The second-order valence-corrected chi connectivity index (χ2v) is 4.73. The van der Waals surface area contributed by atoms with Crippen molar-refractivity contribution in [3.05, 3.63) is 54.7 Å². The van der Waals surface area contributed by atoms with Crippen molar-refractivity contribution in [1.29, 1.82) is 0 Å². The Morgan fingerprint density at radius 2 is 1.73 bits per heavy atom. The number of nitrogens with zero attached hydrogens (tertiary/aromatic N) is 1. The van der Waals surface area contributed by atoms with Crippen LogP contribution in [-0.2, 0) is 9.84 Å². The van der Waals surface area contributed by atoms with Crippen molar-refractivity contribution in [2.45, 2.75) is 9.92 Å². The van der Waals surface area contributed by atoms with Gasteiger partial charge in [-0.1, -0.05) is 24.2 Å². The standard InChI is InChI=1S/C11H9NO2S/c13-15(14,10-6-2-1-3-7-10)11-8-4-5-9-12-11/h1-9H/i1D,5D. The van der Waals surface area contributed by atoms with E-state index in [-0.39, 0.29) is 22.0 Å². The van der Waals surface area contributed by atoms with Crippen LogP contribution in [0.4, 0.5) is 0 Å². The van der Waals surface area contributed by atoms with Gasteiger partial charge in [-0.15, -0.1) is 0 Å². The number of rotatable bonds is 2. The molecule has 0 aliphatic rings.